The van der Waals surface area contributed by atoms with E-state index in [2.05, 4.69) is 18.9 Å². The van der Waals surface area contributed by atoms with Gasteiger partial charge in [0.2, 0.25) is 0 Å². The van der Waals surface area contributed by atoms with Crippen molar-refractivity contribution in [3.05, 3.63) is 23.8 Å². The van der Waals surface area contributed by atoms with Crippen LogP contribution in [0.5, 0.6) is 5.75 Å². The van der Waals surface area contributed by atoms with E-state index in [0.29, 0.717) is 11.5 Å². The van der Waals surface area contributed by atoms with Crippen LogP contribution in [0.15, 0.2) is 18.2 Å². The van der Waals surface area contributed by atoms with Crippen LogP contribution in [0.3, 0.4) is 0 Å². The number of ether oxygens (including phenoxy) is 1. The third kappa shape index (κ3) is 3.50. The molecule has 0 aliphatic heterocycles. The maximum Gasteiger partial charge on any atom is 0.488 e. The Kier molecular flexibility index (Phi) is 4.50. The first-order chi connectivity index (χ1) is 9.02. The maximum atomic E-state index is 9.25. The molecule has 104 valence electrons. The minimum atomic E-state index is -1.43. The Morgan fingerprint density at radius 2 is 2.11 bits per heavy atom. The summed E-state index contributed by atoms with van der Waals surface area (Å²) in [6.07, 6.45) is 2.63. The van der Waals surface area contributed by atoms with Gasteiger partial charge >= 0.3 is 7.12 Å². The molecule has 0 radical (unpaired) electrons. The molecule has 1 unspecified atom stereocenters. The Morgan fingerprint density at radius 3 is 2.63 bits per heavy atom. The summed E-state index contributed by atoms with van der Waals surface area (Å²) in [6, 6.07) is 5.82. The van der Waals surface area contributed by atoms with Crippen molar-refractivity contribution in [1.82, 2.24) is 4.90 Å². The van der Waals surface area contributed by atoms with Crippen molar-refractivity contribution in [2.45, 2.75) is 32.4 Å². The molecule has 0 aromatic heterocycles. The number of hydrogen-bond acceptors (Lipinski definition) is 4. The zero-order chi connectivity index (χ0) is 14.0. The minimum absolute atomic E-state index is 0.503. The molecule has 1 aromatic rings. The second kappa shape index (κ2) is 5.95. The molecule has 1 aliphatic carbocycles. The molecule has 1 aliphatic rings. The number of nitrogens with zero attached hydrogens (tertiary/aromatic N) is 1. The van der Waals surface area contributed by atoms with Gasteiger partial charge in [-0.3, -0.25) is 4.90 Å². The molecule has 2 N–H and O–H groups in total. The van der Waals surface area contributed by atoms with E-state index in [0.717, 1.165) is 23.8 Å². The van der Waals surface area contributed by atoms with Crippen LogP contribution in [-0.2, 0) is 6.54 Å². The first kappa shape index (κ1) is 14.4. The van der Waals surface area contributed by atoms with E-state index in [1.54, 1.807) is 25.3 Å². The summed E-state index contributed by atoms with van der Waals surface area (Å²) in [6.45, 7) is 3.00. The third-order valence-corrected chi connectivity index (χ3v) is 4.02. The van der Waals surface area contributed by atoms with Gasteiger partial charge in [0.1, 0.15) is 5.75 Å². The van der Waals surface area contributed by atoms with Gasteiger partial charge in [-0.2, -0.15) is 0 Å². The van der Waals surface area contributed by atoms with Gasteiger partial charge in [-0.15, -0.1) is 0 Å². The van der Waals surface area contributed by atoms with E-state index in [1.165, 1.54) is 12.8 Å². The average Bonchev–Trinajstić information content (AvgIpc) is 3.21. The van der Waals surface area contributed by atoms with E-state index in [-0.39, 0.29) is 0 Å². The van der Waals surface area contributed by atoms with Crippen LogP contribution < -0.4 is 10.2 Å². The lowest BCUT2D eigenvalue weighted by molar-refractivity contribution is 0.223. The molecule has 0 bridgehead atoms. The SMILES string of the molecule is COc1ccc(B(O)O)cc1CN(C)C(C)C1CC1. The van der Waals surface area contributed by atoms with Crippen molar-refractivity contribution in [2.24, 2.45) is 5.92 Å². The topological polar surface area (TPSA) is 52.9 Å². The fourth-order valence-corrected chi connectivity index (χ4v) is 2.43. The normalized spacial score (nSPS) is 16.5. The fraction of sp³-hybridized carbons (Fsp3) is 0.571. The molecular formula is C14H22BNO3. The van der Waals surface area contributed by atoms with Gasteiger partial charge in [-0.25, -0.2) is 0 Å². The monoisotopic (exact) mass is 263 g/mol. The number of hydrogen-bond donors (Lipinski definition) is 2. The molecule has 0 amide bonds. The van der Waals surface area contributed by atoms with Gasteiger partial charge in [-0.05, 0) is 44.3 Å². The van der Waals surface area contributed by atoms with Crippen molar-refractivity contribution in [3.8, 4) is 5.75 Å². The highest BCUT2D eigenvalue weighted by Crippen LogP contribution is 2.35. The standard InChI is InChI=1S/C14H22BNO3/c1-10(11-4-5-11)16(2)9-12-8-13(15(17)18)6-7-14(12)19-3/h6-8,10-11,17-18H,4-5,9H2,1-3H3. The van der Waals surface area contributed by atoms with Crippen LogP contribution in [0, 0.1) is 5.92 Å². The number of rotatable bonds is 6. The third-order valence-electron chi connectivity index (χ3n) is 4.02. The Morgan fingerprint density at radius 1 is 1.42 bits per heavy atom. The van der Waals surface area contributed by atoms with E-state index in [9.17, 15) is 10.0 Å². The molecule has 19 heavy (non-hydrogen) atoms. The molecule has 2 rings (SSSR count). The van der Waals surface area contributed by atoms with Crippen molar-refractivity contribution in [1.29, 1.82) is 0 Å². The molecule has 0 heterocycles. The van der Waals surface area contributed by atoms with Crippen LogP contribution in [0.1, 0.15) is 25.3 Å². The Balaban J connectivity index is 2.14. The Labute approximate surface area is 115 Å². The van der Waals surface area contributed by atoms with Crippen molar-refractivity contribution < 1.29 is 14.8 Å². The van der Waals surface area contributed by atoms with E-state index in [1.807, 2.05) is 0 Å². The predicted molar refractivity (Wildman–Crippen MR) is 76.5 cm³/mol. The number of benzene rings is 1. The second-order valence-corrected chi connectivity index (χ2v) is 5.44. The molecule has 1 aromatic carbocycles. The first-order valence-electron chi connectivity index (χ1n) is 6.76. The smallest absolute Gasteiger partial charge is 0.488 e. The molecule has 1 atom stereocenters. The molecule has 4 nitrogen and oxygen atoms in total. The van der Waals surface area contributed by atoms with Gasteiger partial charge < -0.3 is 14.8 Å². The molecule has 1 fully saturated rings. The average molecular weight is 263 g/mol. The molecule has 0 spiro atoms. The van der Waals surface area contributed by atoms with Crippen LogP contribution in [0.4, 0.5) is 0 Å². The highest BCUT2D eigenvalue weighted by Gasteiger charge is 2.30. The van der Waals surface area contributed by atoms with Crippen molar-refractivity contribution >= 4 is 12.6 Å². The van der Waals surface area contributed by atoms with Gasteiger partial charge in [0.15, 0.2) is 0 Å². The molecule has 1 saturated carbocycles. The first-order valence-corrected chi connectivity index (χ1v) is 6.76. The Hall–Kier alpha value is -1.04. The molecular weight excluding hydrogens is 241 g/mol. The summed E-state index contributed by atoms with van der Waals surface area (Å²) in [5, 5.41) is 18.5. The maximum absolute atomic E-state index is 9.25. The summed E-state index contributed by atoms with van der Waals surface area (Å²) in [5.74, 6) is 1.60. The highest BCUT2D eigenvalue weighted by molar-refractivity contribution is 6.58. The lowest BCUT2D eigenvalue weighted by atomic mass is 9.79. The van der Waals surface area contributed by atoms with Gasteiger partial charge in [0.05, 0.1) is 7.11 Å². The minimum Gasteiger partial charge on any atom is -0.496 e. The molecule has 0 saturated heterocycles. The van der Waals surface area contributed by atoms with E-state index >= 15 is 0 Å². The summed E-state index contributed by atoms with van der Waals surface area (Å²) in [5.41, 5.74) is 1.49. The lowest BCUT2D eigenvalue weighted by Gasteiger charge is -2.25. The zero-order valence-corrected chi connectivity index (χ0v) is 11.8. The highest BCUT2D eigenvalue weighted by atomic mass is 16.5. The predicted octanol–water partition coefficient (Wildman–Crippen LogP) is 0.605. The zero-order valence-electron chi connectivity index (χ0n) is 11.8. The second-order valence-electron chi connectivity index (χ2n) is 5.44. The quantitative estimate of drug-likeness (QED) is 0.738. The van der Waals surface area contributed by atoms with E-state index in [4.69, 9.17) is 4.74 Å². The summed E-state index contributed by atoms with van der Waals surface area (Å²) < 4.78 is 5.35. The van der Waals surface area contributed by atoms with E-state index < -0.39 is 7.12 Å². The van der Waals surface area contributed by atoms with Gasteiger partial charge in [-0.1, -0.05) is 12.1 Å². The molecule has 5 heteroatoms. The van der Waals surface area contributed by atoms with Crippen molar-refractivity contribution in [3.63, 3.8) is 0 Å². The van der Waals surface area contributed by atoms with Crippen LogP contribution in [0.25, 0.3) is 0 Å². The number of methoxy groups -OCH3 is 1. The summed E-state index contributed by atoms with van der Waals surface area (Å²) in [7, 11) is 2.30. The summed E-state index contributed by atoms with van der Waals surface area (Å²) in [4.78, 5) is 2.29. The summed E-state index contributed by atoms with van der Waals surface area (Å²) >= 11 is 0. The Bertz CT molecular complexity index is 435. The van der Waals surface area contributed by atoms with Crippen LogP contribution in [-0.4, -0.2) is 42.3 Å². The lowest BCUT2D eigenvalue weighted by Crippen LogP contribution is -2.33. The van der Waals surface area contributed by atoms with Gasteiger partial charge in [0, 0.05) is 18.2 Å². The fourth-order valence-electron chi connectivity index (χ4n) is 2.43. The van der Waals surface area contributed by atoms with Crippen LogP contribution >= 0.6 is 0 Å². The van der Waals surface area contributed by atoms with Gasteiger partial charge in [0.25, 0.3) is 0 Å². The van der Waals surface area contributed by atoms with Crippen molar-refractivity contribution in [2.75, 3.05) is 14.2 Å². The largest absolute Gasteiger partial charge is 0.496 e. The van der Waals surface area contributed by atoms with Crippen LogP contribution in [0.2, 0.25) is 0 Å².